The molecule has 6 rings (SSSR count). The number of rotatable bonds is 3. The number of morpholine rings is 1. The highest BCUT2D eigenvalue weighted by Crippen LogP contribution is 2.42. The van der Waals surface area contributed by atoms with E-state index in [9.17, 15) is 4.79 Å². The fourth-order valence-corrected chi connectivity index (χ4v) is 6.64. The molecule has 168 valence electrons. The summed E-state index contributed by atoms with van der Waals surface area (Å²) in [5, 5.41) is 3.41. The van der Waals surface area contributed by atoms with E-state index in [1.54, 1.807) is 0 Å². The van der Waals surface area contributed by atoms with Gasteiger partial charge in [-0.3, -0.25) is 4.90 Å². The molecule has 1 N–H and O–H groups in total. The van der Waals surface area contributed by atoms with Gasteiger partial charge in [-0.1, -0.05) is 54.6 Å². The van der Waals surface area contributed by atoms with Gasteiger partial charge in [0.15, 0.2) is 0 Å². The van der Waals surface area contributed by atoms with Crippen LogP contribution in [0.15, 0.2) is 54.6 Å². The lowest BCUT2D eigenvalue weighted by molar-refractivity contribution is -0.102. The van der Waals surface area contributed by atoms with Gasteiger partial charge in [-0.2, -0.15) is 0 Å². The van der Waals surface area contributed by atoms with Gasteiger partial charge >= 0.3 is 6.03 Å². The molecule has 0 saturated carbocycles. The van der Waals surface area contributed by atoms with E-state index < -0.39 is 0 Å². The van der Waals surface area contributed by atoms with E-state index in [0.29, 0.717) is 31.8 Å². The van der Waals surface area contributed by atoms with E-state index in [1.807, 2.05) is 4.90 Å². The van der Waals surface area contributed by atoms with Crippen LogP contribution in [0, 0.1) is 0 Å². The molecule has 32 heavy (non-hydrogen) atoms. The van der Waals surface area contributed by atoms with E-state index >= 15 is 0 Å². The quantitative estimate of drug-likeness (QED) is 0.797. The molecule has 0 aromatic heterocycles. The Morgan fingerprint density at radius 2 is 1.78 bits per heavy atom. The van der Waals surface area contributed by atoms with Crippen molar-refractivity contribution in [3.05, 3.63) is 71.3 Å². The second-order valence-electron chi connectivity index (χ2n) is 10.1. The molecule has 2 aromatic carbocycles. The second-order valence-corrected chi connectivity index (χ2v) is 10.1. The summed E-state index contributed by atoms with van der Waals surface area (Å²) in [5.74, 6) is 0. The van der Waals surface area contributed by atoms with Gasteiger partial charge in [-0.15, -0.1) is 0 Å². The summed E-state index contributed by atoms with van der Waals surface area (Å²) < 4.78 is 6.31. The third kappa shape index (κ3) is 3.61. The summed E-state index contributed by atoms with van der Waals surface area (Å²) in [4.78, 5) is 18.0. The number of urea groups is 1. The Bertz CT molecular complexity index is 962. The minimum atomic E-state index is -0.315. The van der Waals surface area contributed by atoms with Crippen LogP contribution in [0.5, 0.6) is 0 Å². The molecule has 2 bridgehead atoms. The Morgan fingerprint density at radius 3 is 2.59 bits per heavy atom. The minimum absolute atomic E-state index is 0.0953. The van der Waals surface area contributed by atoms with Crippen molar-refractivity contribution in [3.8, 4) is 0 Å². The lowest BCUT2D eigenvalue weighted by Gasteiger charge is -2.43. The number of nitrogens with one attached hydrogen (secondary N) is 1. The summed E-state index contributed by atoms with van der Waals surface area (Å²) in [6.07, 6.45) is 6.64. The number of benzene rings is 2. The van der Waals surface area contributed by atoms with Gasteiger partial charge in [0.05, 0.1) is 13.2 Å². The molecule has 5 heteroatoms. The maximum absolute atomic E-state index is 13.3. The molecule has 5 nitrogen and oxygen atoms in total. The van der Waals surface area contributed by atoms with Crippen molar-refractivity contribution in [1.29, 1.82) is 0 Å². The van der Waals surface area contributed by atoms with Crippen molar-refractivity contribution in [2.75, 3.05) is 19.7 Å². The van der Waals surface area contributed by atoms with Gasteiger partial charge in [-0.05, 0) is 55.2 Å². The van der Waals surface area contributed by atoms with Crippen LogP contribution in [-0.4, -0.2) is 53.7 Å². The fraction of sp³-hybridized carbons (Fsp3) is 0.519. The average Bonchev–Trinajstić information content (AvgIpc) is 3.27. The van der Waals surface area contributed by atoms with Gasteiger partial charge in [0.2, 0.25) is 0 Å². The molecule has 1 aliphatic carbocycles. The normalized spacial score (nSPS) is 31.6. The first-order chi connectivity index (χ1) is 15.7. The monoisotopic (exact) mass is 431 g/mol. The van der Waals surface area contributed by atoms with Crippen LogP contribution in [0.2, 0.25) is 0 Å². The molecule has 2 aromatic rings. The summed E-state index contributed by atoms with van der Waals surface area (Å²) in [6, 6.07) is 20.9. The summed E-state index contributed by atoms with van der Waals surface area (Å²) >= 11 is 0. The van der Waals surface area contributed by atoms with E-state index in [1.165, 1.54) is 29.5 Å². The van der Waals surface area contributed by atoms with E-state index in [2.05, 4.69) is 64.8 Å². The van der Waals surface area contributed by atoms with Crippen molar-refractivity contribution >= 4 is 6.03 Å². The number of ether oxygens (including phenoxy) is 1. The Kier molecular flexibility index (Phi) is 5.19. The number of amides is 2. The Hall–Kier alpha value is -2.37. The van der Waals surface area contributed by atoms with Gasteiger partial charge in [0.25, 0.3) is 0 Å². The van der Waals surface area contributed by atoms with Crippen molar-refractivity contribution in [1.82, 2.24) is 15.1 Å². The highest BCUT2D eigenvalue weighted by molar-refractivity contribution is 5.75. The predicted molar refractivity (Wildman–Crippen MR) is 124 cm³/mol. The first-order valence-electron chi connectivity index (χ1n) is 12.3. The van der Waals surface area contributed by atoms with Gasteiger partial charge in [-0.25, -0.2) is 4.79 Å². The molecule has 0 radical (unpaired) electrons. The van der Waals surface area contributed by atoms with Crippen LogP contribution in [0.3, 0.4) is 0 Å². The zero-order valence-corrected chi connectivity index (χ0v) is 18.7. The molecule has 3 aliphatic heterocycles. The van der Waals surface area contributed by atoms with Crippen molar-refractivity contribution < 1.29 is 9.53 Å². The number of hydrogen-bond acceptors (Lipinski definition) is 3. The van der Waals surface area contributed by atoms with Gasteiger partial charge in [0.1, 0.15) is 5.60 Å². The molecule has 3 fully saturated rings. The number of piperidine rings is 1. The predicted octanol–water partition coefficient (Wildman–Crippen LogP) is 4.07. The number of aryl methyl sites for hydroxylation is 1. The Morgan fingerprint density at radius 1 is 1.03 bits per heavy atom. The zero-order chi connectivity index (χ0) is 21.5. The molecule has 1 spiro atoms. The number of hydrogen-bond donors (Lipinski definition) is 1. The standard InChI is InChI=1S/C27H33N3O2/c31-26(29-14-15-32-27(19-29)13-12-21-8-4-5-9-25(21)27)28-22-16-23-10-11-24(17-22)30(23)18-20-6-2-1-3-7-20/h1-9,22-24H,10-19H2,(H,28,31). The third-order valence-electron chi connectivity index (χ3n) is 8.20. The maximum atomic E-state index is 13.3. The third-order valence-corrected chi connectivity index (χ3v) is 8.20. The molecule has 3 saturated heterocycles. The van der Waals surface area contributed by atoms with Crippen LogP contribution < -0.4 is 5.32 Å². The fourth-order valence-electron chi connectivity index (χ4n) is 6.64. The zero-order valence-electron chi connectivity index (χ0n) is 18.7. The second kappa shape index (κ2) is 8.20. The van der Waals surface area contributed by atoms with Gasteiger partial charge < -0.3 is 15.0 Å². The molecule has 3 heterocycles. The molecular formula is C27H33N3O2. The highest BCUT2D eigenvalue weighted by Gasteiger charge is 2.45. The summed E-state index contributed by atoms with van der Waals surface area (Å²) in [6.45, 7) is 2.98. The molecule has 2 amide bonds. The van der Waals surface area contributed by atoms with Crippen molar-refractivity contribution in [2.45, 2.75) is 68.8 Å². The van der Waals surface area contributed by atoms with Crippen LogP contribution in [0.25, 0.3) is 0 Å². The Labute approximate surface area is 190 Å². The highest BCUT2D eigenvalue weighted by atomic mass is 16.5. The smallest absolute Gasteiger partial charge is 0.317 e. The van der Waals surface area contributed by atoms with E-state index in [-0.39, 0.29) is 17.7 Å². The lowest BCUT2D eigenvalue weighted by Crippen LogP contribution is -2.57. The largest absolute Gasteiger partial charge is 0.367 e. The lowest BCUT2D eigenvalue weighted by atomic mass is 9.93. The van der Waals surface area contributed by atoms with Crippen molar-refractivity contribution in [2.24, 2.45) is 0 Å². The van der Waals surface area contributed by atoms with Crippen LogP contribution in [0.1, 0.15) is 48.8 Å². The molecule has 3 atom stereocenters. The molecule has 3 unspecified atom stereocenters. The maximum Gasteiger partial charge on any atom is 0.317 e. The van der Waals surface area contributed by atoms with Crippen molar-refractivity contribution in [3.63, 3.8) is 0 Å². The van der Waals surface area contributed by atoms with Crippen LogP contribution in [-0.2, 0) is 23.3 Å². The first kappa shape index (κ1) is 20.3. The number of fused-ring (bicyclic) bond motifs is 4. The average molecular weight is 432 g/mol. The minimum Gasteiger partial charge on any atom is -0.367 e. The number of carbonyl (C=O) groups is 1. The number of nitrogens with zero attached hydrogens (tertiary/aromatic N) is 2. The first-order valence-corrected chi connectivity index (χ1v) is 12.3. The van der Waals surface area contributed by atoms with E-state index in [4.69, 9.17) is 4.74 Å². The summed E-state index contributed by atoms with van der Waals surface area (Å²) in [5.41, 5.74) is 3.73. The van der Waals surface area contributed by atoms with Crippen LogP contribution in [0.4, 0.5) is 4.79 Å². The molecular weight excluding hydrogens is 398 g/mol. The Balaban J connectivity index is 1.09. The van der Waals surface area contributed by atoms with E-state index in [0.717, 1.165) is 32.2 Å². The summed E-state index contributed by atoms with van der Waals surface area (Å²) in [7, 11) is 0. The SMILES string of the molecule is O=C(NC1CC2CCC(C1)N2Cc1ccccc1)N1CCOC2(CCc3ccccc32)C1. The molecule has 4 aliphatic rings. The van der Waals surface area contributed by atoms with Gasteiger partial charge in [0, 0.05) is 31.2 Å². The number of carbonyl (C=O) groups excluding carboxylic acids is 1. The topological polar surface area (TPSA) is 44.8 Å². The van der Waals surface area contributed by atoms with Crippen LogP contribution >= 0.6 is 0 Å².